The van der Waals surface area contributed by atoms with Crippen LogP contribution in [0.4, 0.5) is 0 Å². The number of esters is 2. The fourth-order valence-corrected chi connectivity index (χ4v) is 4.93. The summed E-state index contributed by atoms with van der Waals surface area (Å²) in [5.74, 6) is -0.0913. The van der Waals surface area contributed by atoms with E-state index in [-0.39, 0.29) is 16.7 Å². The minimum absolute atomic E-state index is 0.0307. The Morgan fingerprint density at radius 1 is 1.00 bits per heavy atom. The molecule has 0 aromatic heterocycles. The van der Waals surface area contributed by atoms with E-state index in [1.54, 1.807) is 7.11 Å². The van der Waals surface area contributed by atoms with Crippen LogP contribution in [0.2, 0.25) is 0 Å². The van der Waals surface area contributed by atoms with Crippen molar-refractivity contribution in [1.29, 1.82) is 0 Å². The second kappa shape index (κ2) is 6.15. The topological polar surface area (TPSA) is 61.8 Å². The van der Waals surface area contributed by atoms with Gasteiger partial charge in [-0.1, -0.05) is 44.2 Å². The Morgan fingerprint density at radius 3 is 2.08 bits per heavy atom. The Hall–Kier alpha value is -2.30. The lowest BCUT2D eigenvalue weighted by molar-refractivity contribution is -0.170. The van der Waals surface area contributed by atoms with Crippen LogP contribution < -0.4 is 0 Å². The van der Waals surface area contributed by atoms with E-state index in [9.17, 15) is 9.59 Å². The molecule has 1 aromatic rings. The van der Waals surface area contributed by atoms with Crippen molar-refractivity contribution in [2.75, 3.05) is 21.3 Å². The standard InChI is InChI=1S/C21H26O5/c1-19(2)16-12-20(17(22)25-4,18(23)26-5)13-21(16,19)11-15(24-3)14-9-7-6-8-10-14/h6-11,16H,12-13H2,1-5H3/b15-11+/t16-,21-/m0/s1. The van der Waals surface area contributed by atoms with Gasteiger partial charge < -0.3 is 14.2 Å². The predicted octanol–water partition coefficient (Wildman–Crippen LogP) is 3.44. The van der Waals surface area contributed by atoms with Crippen LogP contribution in [-0.4, -0.2) is 33.3 Å². The lowest BCUT2D eigenvalue weighted by atomic mass is 9.75. The molecule has 0 spiro atoms. The monoisotopic (exact) mass is 358 g/mol. The largest absolute Gasteiger partial charge is 0.496 e. The molecule has 2 aliphatic rings. The third-order valence-corrected chi connectivity index (χ3v) is 6.58. The second-order valence-corrected chi connectivity index (χ2v) is 7.84. The maximum Gasteiger partial charge on any atom is 0.323 e. The Kier molecular flexibility index (Phi) is 4.37. The fourth-order valence-electron chi connectivity index (χ4n) is 4.93. The van der Waals surface area contributed by atoms with Crippen LogP contribution in [0.15, 0.2) is 36.4 Å². The lowest BCUT2D eigenvalue weighted by Gasteiger charge is -2.30. The highest BCUT2D eigenvalue weighted by Crippen LogP contribution is 2.81. The maximum atomic E-state index is 12.5. The smallest absolute Gasteiger partial charge is 0.323 e. The molecule has 0 saturated heterocycles. The highest BCUT2D eigenvalue weighted by molar-refractivity contribution is 6.01. The van der Waals surface area contributed by atoms with E-state index in [2.05, 4.69) is 19.9 Å². The number of fused-ring (bicyclic) bond motifs is 1. The molecular formula is C21H26O5. The van der Waals surface area contributed by atoms with E-state index in [0.29, 0.717) is 12.8 Å². The van der Waals surface area contributed by atoms with Gasteiger partial charge in [0.1, 0.15) is 5.76 Å². The summed E-state index contributed by atoms with van der Waals surface area (Å²) in [6, 6.07) is 9.83. The van der Waals surface area contributed by atoms with Crippen LogP contribution in [0.5, 0.6) is 0 Å². The number of hydrogen-bond acceptors (Lipinski definition) is 5. The fraction of sp³-hybridized carbons (Fsp3) is 0.524. The average Bonchev–Trinajstić information content (AvgIpc) is 2.96. The van der Waals surface area contributed by atoms with Gasteiger partial charge in [0.05, 0.1) is 21.3 Å². The zero-order valence-electron chi connectivity index (χ0n) is 16.0. The van der Waals surface area contributed by atoms with Gasteiger partial charge in [0.25, 0.3) is 0 Å². The molecular weight excluding hydrogens is 332 g/mol. The molecule has 0 radical (unpaired) electrons. The Morgan fingerprint density at radius 2 is 1.58 bits per heavy atom. The van der Waals surface area contributed by atoms with Gasteiger partial charge in [-0.3, -0.25) is 9.59 Å². The highest BCUT2D eigenvalue weighted by Gasteiger charge is 2.80. The van der Waals surface area contributed by atoms with E-state index in [0.717, 1.165) is 11.3 Å². The predicted molar refractivity (Wildman–Crippen MR) is 96.8 cm³/mol. The minimum atomic E-state index is -1.24. The number of methoxy groups -OCH3 is 3. The maximum absolute atomic E-state index is 12.5. The first-order chi connectivity index (χ1) is 12.3. The van der Waals surface area contributed by atoms with Crippen LogP contribution in [0.3, 0.4) is 0 Å². The number of benzene rings is 1. The summed E-state index contributed by atoms with van der Waals surface area (Å²) in [5.41, 5.74) is -0.608. The number of allylic oxidation sites excluding steroid dienone is 1. The van der Waals surface area contributed by atoms with Gasteiger partial charge in [0.2, 0.25) is 0 Å². The number of hydrogen-bond donors (Lipinski definition) is 0. The van der Waals surface area contributed by atoms with Crippen LogP contribution >= 0.6 is 0 Å². The first-order valence-electron chi connectivity index (χ1n) is 8.78. The van der Waals surface area contributed by atoms with Crippen LogP contribution in [0, 0.1) is 22.2 Å². The molecule has 3 rings (SSSR count). The van der Waals surface area contributed by atoms with Crippen molar-refractivity contribution in [3.8, 4) is 0 Å². The summed E-state index contributed by atoms with van der Waals surface area (Å²) in [5, 5.41) is 0. The zero-order chi connectivity index (χ0) is 19.2. The minimum Gasteiger partial charge on any atom is -0.496 e. The van der Waals surface area contributed by atoms with Crippen molar-refractivity contribution in [2.45, 2.75) is 26.7 Å². The van der Waals surface area contributed by atoms with Crippen molar-refractivity contribution in [3.05, 3.63) is 42.0 Å². The third-order valence-electron chi connectivity index (χ3n) is 6.58. The van der Waals surface area contributed by atoms with Crippen LogP contribution in [0.1, 0.15) is 32.3 Å². The molecule has 0 heterocycles. The molecule has 0 aliphatic heterocycles. The zero-order valence-corrected chi connectivity index (χ0v) is 16.0. The highest BCUT2D eigenvalue weighted by atomic mass is 16.5. The third kappa shape index (κ3) is 2.37. The molecule has 5 heteroatoms. The molecule has 5 nitrogen and oxygen atoms in total. The van der Waals surface area contributed by atoms with Crippen molar-refractivity contribution >= 4 is 17.7 Å². The van der Waals surface area contributed by atoms with Crippen LogP contribution in [0.25, 0.3) is 5.76 Å². The summed E-state index contributed by atoms with van der Waals surface area (Å²) >= 11 is 0. The number of ether oxygens (including phenoxy) is 3. The van der Waals surface area contributed by atoms with Gasteiger partial charge in [-0.2, -0.15) is 0 Å². The van der Waals surface area contributed by atoms with Crippen LogP contribution in [-0.2, 0) is 23.8 Å². The molecule has 1 aromatic carbocycles. The Labute approximate surface area is 154 Å². The summed E-state index contributed by atoms with van der Waals surface area (Å²) < 4.78 is 15.6. The van der Waals surface area contributed by atoms with Gasteiger partial charge >= 0.3 is 11.9 Å². The molecule has 0 unspecified atom stereocenters. The number of carbonyl (C=O) groups is 2. The SMILES string of the molecule is COC(=O)C1(C(=O)OC)C[C@H]2C(C)(C)[C@@]2(/C=C(/OC)c2ccccc2)C1. The van der Waals surface area contributed by atoms with Crippen molar-refractivity contribution in [3.63, 3.8) is 0 Å². The molecule has 2 saturated carbocycles. The van der Waals surface area contributed by atoms with Gasteiger partial charge in [0, 0.05) is 11.0 Å². The van der Waals surface area contributed by atoms with E-state index in [4.69, 9.17) is 14.2 Å². The van der Waals surface area contributed by atoms with Crippen molar-refractivity contribution < 1.29 is 23.8 Å². The van der Waals surface area contributed by atoms with Crippen molar-refractivity contribution in [1.82, 2.24) is 0 Å². The first-order valence-corrected chi connectivity index (χ1v) is 8.78. The normalized spacial score (nSPS) is 28.0. The molecule has 0 bridgehead atoms. The average molecular weight is 358 g/mol. The molecule has 2 fully saturated rings. The van der Waals surface area contributed by atoms with Gasteiger partial charge in [0.15, 0.2) is 5.41 Å². The van der Waals surface area contributed by atoms with Gasteiger partial charge in [-0.05, 0) is 30.3 Å². The first kappa shape index (κ1) is 18.5. The molecule has 0 N–H and O–H groups in total. The number of carbonyl (C=O) groups excluding carboxylic acids is 2. The van der Waals surface area contributed by atoms with Crippen molar-refractivity contribution in [2.24, 2.45) is 22.2 Å². The lowest BCUT2D eigenvalue weighted by Crippen LogP contribution is -2.42. The summed E-state index contributed by atoms with van der Waals surface area (Å²) in [4.78, 5) is 25.0. The van der Waals surface area contributed by atoms with Gasteiger partial charge in [-0.25, -0.2) is 0 Å². The Balaban J connectivity index is 2.04. The summed E-state index contributed by atoms with van der Waals surface area (Å²) in [7, 11) is 4.27. The van der Waals surface area contributed by atoms with E-state index >= 15 is 0 Å². The van der Waals surface area contributed by atoms with E-state index < -0.39 is 17.4 Å². The summed E-state index contributed by atoms with van der Waals surface area (Å²) in [6.07, 6.45) is 2.90. The summed E-state index contributed by atoms with van der Waals surface area (Å²) in [6.45, 7) is 4.34. The Bertz CT molecular complexity index is 733. The second-order valence-electron chi connectivity index (χ2n) is 7.84. The molecule has 140 valence electrons. The molecule has 26 heavy (non-hydrogen) atoms. The van der Waals surface area contributed by atoms with E-state index in [1.807, 2.05) is 30.3 Å². The molecule has 0 amide bonds. The quantitative estimate of drug-likeness (QED) is 0.458. The van der Waals surface area contributed by atoms with Gasteiger partial charge in [-0.15, -0.1) is 0 Å². The number of rotatable bonds is 5. The molecule has 2 atom stereocenters. The molecule has 2 aliphatic carbocycles. The van der Waals surface area contributed by atoms with E-state index in [1.165, 1.54) is 14.2 Å².